The zero-order chi connectivity index (χ0) is 18.1. The van der Waals surface area contributed by atoms with Crippen LogP contribution in [0.3, 0.4) is 0 Å². The number of hydrogen-bond acceptors (Lipinski definition) is 6. The van der Waals surface area contributed by atoms with Crippen molar-refractivity contribution < 1.29 is 9.15 Å². The zero-order valence-electron chi connectivity index (χ0n) is 14.4. The Kier molecular flexibility index (Phi) is 3.98. The molecule has 0 fully saturated rings. The monoisotopic (exact) mass is 346 g/mol. The highest BCUT2D eigenvalue weighted by Crippen LogP contribution is 2.38. The first kappa shape index (κ1) is 16.0. The summed E-state index contributed by atoms with van der Waals surface area (Å²) in [7, 11) is 1.67. The van der Waals surface area contributed by atoms with Crippen LogP contribution >= 0.6 is 0 Å². The molecule has 0 radical (unpaired) electrons. The molecule has 0 amide bonds. The lowest BCUT2D eigenvalue weighted by Crippen LogP contribution is -2.32. The molecule has 1 aliphatic rings. The normalized spacial score (nSPS) is 13.2. The van der Waals surface area contributed by atoms with Gasteiger partial charge in [0.2, 0.25) is 0 Å². The summed E-state index contributed by atoms with van der Waals surface area (Å²) in [5.74, 6) is 1.10. The van der Waals surface area contributed by atoms with Gasteiger partial charge in [0.1, 0.15) is 23.2 Å². The van der Waals surface area contributed by atoms with Gasteiger partial charge < -0.3 is 19.8 Å². The lowest BCUT2D eigenvalue weighted by atomic mass is 9.92. The topological polar surface area (TPSA) is 88.3 Å². The van der Waals surface area contributed by atoms with Crippen molar-refractivity contribution in [3.05, 3.63) is 59.7 Å². The first-order chi connectivity index (χ1) is 12.7. The summed E-state index contributed by atoms with van der Waals surface area (Å²) in [6, 6.07) is 12.0. The zero-order valence-corrected chi connectivity index (χ0v) is 14.4. The van der Waals surface area contributed by atoms with Crippen LogP contribution in [0, 0.1) is 11.3 Å². The summed E-state index contributed by atoms with van der Waals surface area (Å²) >= 11 is 0. The molecule has 2 N–H and O–H groups in total. The van der Waals surface area contributed by atoms with E-state index in [1.54, 1.807) is 19.6 Å². The summed E-state index contributed by atoms with van der Waals surface area (Å²) in [4.78, 5) is 6.73. The number of fused-ring (bicyclic) bond motifs is 1. The molecule has 0 saturated heterocycles. The van der Waals surface area contributed by atoms with Gasteiger partial charge in [-0.15, -0.1) is 0 Å². The number of nitrogens with two attached hydrogens (primary N) is 1. The highest BCUT2D eigenvalue weighted by Gasteiger charge is 2.27. The molecule has 26 heavy (non-hydrogen) atoms. The van der Waals surface area contributed by atoms with Gasteiger partial charge in [0.25, 0.3) is 0 Å². The van der Waals surface area contributed by atoms with Crippen molar-refractivity contribution in [2.45, 2.75) is 13.0 Å². The molecule has 0 aliphatic carbocycles. The number of anilines is 2. The number of nitrogens with zero attached hydrogens (tertiary/aromatic N) is 3. The van der Waals surface area contributed by atoms with Gasteiger partial charge in [-0.25, -0.2) is 4.98 Å². The van der Waals surface area contributed by atoms with E-state index in [9.17, 15) is 5.26 Å². The lowest BCUT2D eigenvalue weighted by molar-refractivity contribution is 0.413. The Morgan fingerprint density at radius 2 is 2.15 bits per heavy atom. The van der Waals surface area contributed by atoms with Gasteiger partial charge in [0.05, 0.1) is 31.0 Å². The minimum Gasteiger partial charge on any atom is -0.495 e. The third-order valence-corrected chi connectivity index (χ3v) is 4.73. The third kappa shape index (κ3) is 2.54. The number of aromatic nitrogens is 1. The molecule has 3 heterocycles. The largest absolute Gasteiger partial charge is 0.495 e. The van der Waals surface area contributed by atoms with Crippen LogP contribution in [0.25, 0.3) is 11.1 Å². The molecule has 0 bridgehead atoms. The van der Waals surface area contributed by atoms with E-state index in [4.69, 9.17) is 14.9 Å². The van der Waals surface area contributed by atoms with Gasteiger partial charge in [-0.1, -0.05) is 12.1 Å². The highest BCUT2D eigenvalue weighted by molar-refractivity contribution is 5.79. The van der Waals surface area contributed by atoms with Crippen LogP contribution in [-0.2, 0) is 13.0 Å². The second kappa shape index (κ2) is 6.45. The smallest absolute Gasteiger partial charge is 0.142 e. The van der Waals surface area contributed by atoms with Crippen LogP contribution in [0.1, 0.15) is 16.8 Å². The number of methoxy groups -OCH3 is 1. The van der Waals surface area contributed by atoms with Crippen LogP contribution in [0.15, 0.2) is 47.3 Å². The number of pyridine rings is 1. The first-order valence-corrected chi connectivity index (χ1v) is 8.34. The molecule has 4 rings (SSSR count). The maximum Gasteiger partial charge on any atom is 0.142 e. The summed E-state index contributed by atoms with van der Waals surface area (Å²) in [6.45, 7) is 1.43. The molecule has 0 spiro atoms. The van der Waals surface area contributed by atoms with E-state index >= 15 is 0 Å². The third-order valence-electron chi connectivity index (χ3n) is 4.73. The number of para-hydroxylation sites is 2. The molecule has 1 aliphatic heterocycles. The van der Waals surface area contributed by atoms with E-state index in [0.717, 1.165) is 46.8 Å². The summed E-state index contributed by atoms with van der Waals surface area (Å²) in [5, 5.41) is 9.63. The van der Waals surface area contributed by atoms with Crippen LogP contribution in [-0.4, -0.2) is 18.6 Å². The molecular formula is C20H18N4O2. The Balaban J connectivity index is 1.85. The number of ether oxygens (including phenoxy) is 1. The van der Waals surface area contributed by atoms with Gasteiger partial charge in [0, 0.05) is 36.2 Å². The standard InChI is InChI=1S/C20H18N4O2/c1-25-18-5-3-2-4-17(18)24-8-6-16-15(11-24)19(13-7-9-26-12-13)14(10-21)20(22)23-16/h2-5,7,9,12H,6,8,11H2,1H3,(H2,22,23). The van der Waals surface area contributed by atoms with Crippen molar-refractivity contribution in [1.29, 1.82) is 5.26 Å². The fourth-order valence-corrected chi connectivity index (χ4v) is 3.52. The van der Waals surface area contributed by atoms with E-state index in [-0.39, 0.29) is 5.82 Å². The molecule has 6 nitrogen and oxygen atoms in total. The average Bonchev–Trinajstić information content (AvgIpc) is 3.21. The van der Waals surface area contributed by atoms with Crippen molar-refractivity contribution in [2.75, 3.05) is 24.3 Å². The maximum atomic E-state index is 9.63. The predicted molar refractivity (Wildman–Crippen MR) is 98.8 cm³/mol. The molecule has 6 heteroatoms. The van der Waals surface area contributed by atoms with E-state index in [2.05, 4.69) is 16.0 Å². The quantitative estimate of drug-likeness (QED) is 0.782. The van der Waals surface area contributed by atoms with Crippen LogP contribution in [0.4, 0.5) is 11.5 Å². The molecule has 1 aromatic carbocycles. The number of nitriles is 1. The van der Waals surface area contributed by atoms with Crippen LogP contribution in [0.5, 0.6) is 5.75 Å². The fraction of sp³-hybridized carbons (Fsp3) is 0.200. The Morgan fingerprint density at radius 3 is 2.88 bits per heavy atom. The van der Waals surface area contributed by atoms with Gasteiger partial charge in [-0.2, -0.15) is 5.26 Å². The highest BCUT2D eigenvalue weighted by atomic mass is 16.5. The van der Waals surface area contributed by atoms with Crippen molar-refractivity contribution in [1.82, 2.24) is 4.98 Å². The molecule has 130 valence electrons. The van der Waals surface area contributed by atoms with Gasteiger partial charge in [0.15, 0.2) is 0 Å². The second-order valence-electron chi connectivity index (χ2n) is 6.14. The Labute approximate surface area is 151 Å². The molecule has 0 atom stereocenters. The van der Waals surface area contributed by atoms with E-state index in [1.807, 2.05) is 30.3 Å². The van der Waals surface area contributed by atoms with Gasteiger partial charge >= 0.3 is 0 Å². The van der Waals surface area contributed by atoms with Gasteiger partial charge in [-0.05, 0) is 18.2 Å². The predicted octanol–water partition coefficient (Wildman–Crippen LogP) is 3.37. The van der Waals surface area contributed by atoms with Gasteiger partial charge in [-0.3, -0.25) is 0 Å². The van der Waals surface area contributed by atoms with Crippen molar-refractivity contribution in [3.63, 3.8) is 0 Å². The fourth-order valence-electron chi connectivity index (χ4n) is 3.52. The van der Waals surface area contributed by atoms with Crippen LogP contribution in [0.2, 0.25) is 0 Å². The summed E-state index contributed by atoms with van der Waals surface area (Å²) in [5.41, 5.74) is 11.1. The molecular weight excluding hydrogens is 328 g/mol. The van der Waals surface area contributed by atoms with Crippen molar-refractivity contribution >= 4 is 11.5 Å². The van der Waals surface area contributed by atoms with Crippen LogP contribution < -0.4 is 15.4 Å². The Hall–Kier alpha value is -3.46. The summed E-state index contributed by atoms with van der Waals surface area (Å²) in [6.07, 6.45) is 3.98. The van der Waals surface area contributed by atoms with Crippen molar-refractivity contribution in [3.8, 4) is 22.9 Å². The Morgan fingerprint density at radius 1 is 1.31 bits per heavy atom. The SMILES string of the molecule is COc1ccccc1N1CCc2nc(N)c(C#N)c(-c3ccoc3)c2C1. The van der Waals surface area contributed by atoms with E-state index in [1.165, 1.54) is 0 Å². The second-order valence-corrected chi connectivity index (χ2v) is 6.14. The van der Waals surface area contributed by atoms with E-state index < -0.39 is 0 Å². The lowest BCUT2D eigenvalue weighted by Gasteiger charge is -2.32. The summed E-state index contributed by atoms with van der Waals surface area (Å²) < 4.78 is 10.8. The number of benzene rings is 1. The number of nitrogen functional groups attached to an aromatic ring is 1. The average molecular weight is 346 g/mol. The Bertz CT molecular complexity index is 990. The number of rotatable bonds is 3. The maximum absolute atomic E-state index is 9.63. The first-order valence-electron chi connectivity index (χ1n) is 8.34. The van der Waals surface area contributed by atoms with E-state index in [0.29, 0.717) is 12.1 Å². The molecule has 2 aromatic heterocycles. The molecule has 0 unspecified atom stereocenters. The number of hydrogen-bond donors (Lipinski definition) is 1. The molecule has 3 aromatic rings. The van der Waals surface area contributed by atoms with Crippen molar-refractivity contribution in [2.24, 2.45) is 0 Å². The molecule has 0 saturated carbocycles. The minimum atomic E-state index is 0.271. The number of furan rings is 1. The minimum absolute atomic E-state index is 0.271.